The number of para-hydroxylation sites is 2. The first kappa shape index (κ1) is 21.6. The van der Waals surface area contributed by atoms with Crippen LogP contribution in [-0.2, 0) is 14.3 Å². The molecule has 1 aromatic rings. The lowest BCUT2D eigenvalue weighted by molar-refractivity contribution is -0.385. The van der Waals surface area contributed by atoms with Crippen LogP contribution in [0.5, 0.6) is 5.75 Å². The Labute approximate surface area is 153 Å². The molecule has 0 saturated carbocycles. The molecule has 0 aromatic heterocycles. The van der Waals surface area contributed by atoms with E-state index < -0.39 is 10.9 Å². The molecule has 7 nitrogen and oxygen atoms in total. The van der Waals surface area contributed by atoms with Crippen LogP contribution in [0.3, 0.4) is 0 Å². The topological polar surface area (TPSA) is 95.7 Å². The van der Waals surface area contributed by atoms with Crippen molar-refractivity contribution in [1.82, 2.24) is 0 Å². The molecule has 0 spiro atoms. The third-order valence-corrected chi connectivity index (χ3v) is 3.81. The summed E-state index contributed by atoms with van der Waals surface area (Å²) >= 11 is 0. The summed E-state index contributed by atoms with van der Waals surface area (Å²) in [5, 5.41) is 10.9. The predicted molar refractivity (Wildman–Crippen MR) is 96.9 cm³/mol. The Morgan fingerprint density at radius 3 is 2.35 bits per heavy atom. The predicted octanol–water partition coefficient (Wildman–Crippen LogP) is 4.57. The number of nitro groups is 1. The number of esters is 2. The second-order valence-corrected chi connectivity index (χ2v) is 6.04. The molecule has 0 bridgehead atoms. The van der Waals surface area contributed by atoms with Crippen LogP contribution in [0.4, 0.5) is 5.69 Å². The average Bonchev–Trinajstić information content (AvgIpc) is 2.61. The molecule has 0 aliphatic carbocycles. The maximum Gasteiger partial charge on any atom is 0.311 e. The summed E-state index contributed by atoms with van der Waals surface area (Å²) in [6.07, 6.45) is 7.13. The van der Waals surface area contributed by atoms with E-state index in [9.17, 15) is 19.7 Å². The van der Waals surface area contributed by atoms with Crippen LogP contribution in [-0.4, -0.2) is 23.5 Å². The van der Waals surface area contributed by atoms with Crippen LogP contribution in [0.2, 0.25) is 0 Å². The van der Waals surface area contributed by atoms with E-state index >= 15 is 0 Å². The first-order chi connectivity index (χ1) is 12.5. The zero-order valence-corrected chi connectivity index (χ0v) is 15.3. The van der Waals surface area contributed by atoms with Crippen molar-refractivity contribution in [1.29, 1.82) is 0 Å². The van der Waals surface area contributed by atoms with Crippen molar-refractivity contribution in [2.45, 2.75) is 64.7 Å². The molecule has 0 amide bonds. The minimum Gasteiger partial charge on any atom is -0.466 e. The molecule has 0 N–H and O–H groups in total. The fraction of sp³-hybridized carbons (Fsp3) is 0.579. The number of rotatable bonds is 13. The number of benzene rings is 1. The van der Waals surface area contributed by atoms with E-state index in [0.717, 1.165) is 19.3 Å². The lowest BCUT2D eigenvalue weighted by Gasteiger charge is -2.06. The molecule has 0 radical (unpaired) electrons. The van der Waals surface area contributed by atoms with Gasteiger partial charge in [-0.15, -0.1) is 0 Å². The molecule has 0 atom stereocenters. The quantitative estimate of drug-likeness (QED) is 0.167. The standard InChI is InChI=1S/C19H27NO6/c1-2-3-4-5-6-9-15-25-18(21)13-10-14-19(22)26-17-12-8-7-11-16(17)20(23)24/h7-8,11-12H,2-6,9-10,13-15H2,1H3. The highest BCUT2D eigenvalue weighted by atomic mass is 16.6. The third kappa shape index (κ3) is 9.15. The number of carbonyl (C=O) groups excluding carboxylic acids is 2. The SMILES string of the molecule is CCCCCCCCOC(=O)CCCC(=O)Oc1ccccc1[N+](=O)[O-]. The first-order valence-corrected chi connectivity index (χ1v) is 9.14. The summed E-state index contributed by atoms with van der Waals surface area (Å²) in [5.41, 5.74) is -0.265. The number of unbranched alkanes of at least 4 members (excludes halogenated alkanes) is 5. The zero-order chi connectivity index (χ0) is 19.2. The van der Waals surface area contributed by atoms with Gasteiger partial charge in [-0.05, 0) is 18.9 Å². The monoisotopic (exact) mass is 365 g/mol. The number of ether oxygens (including phenoxy) is 2. The van der Waals surface area contributed by atoms with Gasteiger partial charge in [0.15, 0.2) is 0 Å². The van der Waals surface area contributed by atoms with Crippen molar-refractivity contribution in [3.63, 3.8) is 0 Å². The molecule has 0 aliphatic heterocycles. The smallest absolute Gasteiger partial charge is 0.311 e. The number of hydrogen-bond acceptors (Lipinski definition) is 6. The Kier molecular flexibility index (Phi) is 10.7. The van der Waals surface area contributed by atoms with Crippen LogP contribution in [0.15, 0.2) is 24.3 Å². The van der Waals surface area contributed by atoms with Gasteiger partial charge < -0.3 is 9.47 Å². The van der Waals surface area contributed by atoms with Crippen LogP contribution < -0.4 is 4.74 Å². The molecule has 1 rings (SSSR count). The number of hydrogen-bond donors (Lipinski definition) is 0. The molecule has 7 heteroatoms. The molecular weight excluding hydrogens is 338 g/mol. The number of nitrogens with zero attached hydrogens (tertiary/aromatic N) is 1. The van der Waals surface area contributed by atoms with Crippen molar-refractivity contribution < 1.29 is 24.0 Å². The highest BCUT2D eigenvalue weighted by Crippen LogP contribution is 2.26. The van der Waals surface area contributed by atoms with E-state index in [1.54, 1.807) is 6.07 Å². The van der Waals surface area contributed by atoms with Crippen molar-refractivity contribution in [2.75, 3.05) is 6.61 Å². The summed E-state index contributed by atoms with van der Waals surface area (Å²) in [6.45, 7) is 2.57. The van der Waals surface area contributed by atoms with Crippen molar-refractivity contribution in [3.05, 3.63) is 34.4 Å². The van der Waals surface area contributed by atoms with Crippen LogP contribution >= 0.6 is 0 Å². The Bertz CT molecular complexity index is 587. The fourth-order valence-electron chi connectivity index (χ4n) is 2.39. The second-order valence-electron chi connectivity index (χ2n) is 6.04. The summed E-state index contributed by atoms with van der Waals surface area (Å²) in [5.74, 6) is -1.03. The molecule has 0 aliphatic rings. The van der Waals surface area contributed by atoms with Gasteiger partial charge in [0.1, 0.15) is 0 Å². The highest BCUT2D eigenvalue weighted by molar-refractivity contribution is 5.75. The Hall–Kier alpha value is -2.44. The normalized spacial score (nSPS) is 10.3. The van der Waals surface area contributed by atoms with Gasteiger partial charge in [-0.25, -0.2) is 0 Å². The van der Waals surface area contributed by atoms with E-state index in [-0.39, 0.29) is 36.7 Å². The van der Waals surface area contributed by atoms with Gasteiger partial charge in [0, 0.05) is 18.9 Å². The zero-order valence-electron chi connectivity index (χ0n) is 15.3. The van der Waals surface area contributed by atoms with Gasteiger partial charge in [-0.1, -0.05) is 51.2 Å². The molecule has 26 heavy (non-hydrogen) atoms. The molecule has 0 fully saturated rings. The van der Waals surface area contributed by atoms with E-state index in [2.05, 4.69) is 6.92 Å². The lowest BCUT2D eigenvalue weighted by atomic mass is 10.1. The number of nitro benzene ring substituents is 1. The summed E-state index contributed by atoms with van der Waals surface area (Å²) < 4.78 is 10.1. The van der Waals surface area contributed by atoms with Gasteiger partial charge in [0.25, 0.3) is 0 Å². The fourth-order valence-corrected chi connectivity index (χ4v) is 2.39. The maximum absolute atomic E-state index is 11.8. The van der Waals surface area contributed by atoms with Gasteiger partial charge in [-0.2, -0.15) is 0 Å². The molecule has 144 valence electrons. The maximum atomic E-state index is 11.8. The first-order valence-electron chi connectivity index (χ1n) is 9.14. The van der Waals surface area contributed by atoms with E-state index in [1.807, 2.05) is 0 Å². The summed E-state index contributed by atoms with van der Waals surface area (Å²) in [6, 6.07) is 5.68. The van der Waals surface area contributed by atoms with Gasteiger partial charge >= 0.3 is 17.6 Å². The Morgan fingerprint density at radius 2 is 1.62 bits per heavy atom. The average molecular weight is 365 g/mol. The molecule has 1 aromatic carbocycles. The minimum absolute atomic E-state index is 0.00182. The minimum atomic E-state index is -0.609. The van der Waals surface area contributed by atoms with Crippen molar-refractivity contribution in [3.8, 4) is 5.75 Å². The van der Waals surface area contributed by atoms with Crippen molar-refractivity contribution >= 4 is 17.6 Å². The van der Waals surface area contributed by atoms with Crippen LogP contribution in [0.25, 0.3) is 0 Å². The third-order valence-electron chi connectivity index (χ3n) is 3.81. The van der Waals surface area contributed by atoms with E-state index in [0.29, 0.717) is 6.61 Å². The lowest BCUT2D eigenvalue weighted by Crippen LogP contribution is -2.11. The summed E-state index contributed by atoms with van der Waals surface area (Å²) in [7, 11) is 0. The summed E-state index contributed by atoms with van der Waals surface area (Å²) in [4.78, 5) is 33.6. The molecule has 0 heterocycles. The van der Waals surface area contributed by atoms with Gasteiger partial charge in [-0.3, -0.25) is 19.7 Å². The second kappa shape index (κ2) is 12.9. The highest BCUT2D eigenvalue weighted by Gasteiger charge is 2.17. The Balaban J connectivity index is 2.16. The van der Waals surface area contributed by atoms with Gasteiger partial charge in [0.05, 0.1) is 11.5 Å². The van der Waals surface area contributed by atoms with E-state index in [4.69, 9.17) is 9.47 Å². The number of carbonyl (C=O) groups is 2. The van der Waals surface area contributed by atoms with Gasteiger partial charge in [0.2, 0.25) is 5.75 Å². The molecular formula is C19H27NO6. The van der Waals surface area contributed by atoms with Crippen LogP contribution in [0.1, 0.15) is 64.7 Å². The largest absolute Gasteiger partial charge is 0.466 e. The van der Waals surface area contributed by atoms with E-state index in [1.165, 1.54) is 37.5 Å². The Morgan fingerprint density at radius 1 is 0.962 bits per heavy atom. The van der Waals surface area contributed by atoms with Crippen LogP contribution in [0, 0.1) is 10.1 Å². The molecule has 0 saturated heterocycles. The molecule has 0 unspecified atom stereocenters. The van der Waals surface area contributed by atoms with Crippen molar-refractivity contribution in [2.24, 2.45) is 0 Å².